The van der Waals surface area contributed by atoms with Gasteiger partial charge in [0.2, 0.25) is 0 Å². The lowest BCUT2D eigenvalue weighted by Crippen LogP contribution is -2.29. The number of aryl methyl sites for hydroxylation is 1. The Hall–Kier alpha value is -3.06. The zero-order chi connectivity index (χ0) is 17.5. The van der Waals surface area contributed by atoms with Gasteiger partial charge in [-0.25, -0.2) is 0 Å². The van der Waals surface area contributed by atoms with Gasteiger partial charge in [-0.2, -0.15) is 0 Å². The van der Waals surface area contributed by atoms with Crippen molar-refractivity contribution in [3.05, 3.63) is 114 Å². The Bertz CT molecular complexity index is 999. The normalized spacial score (nSPS) is 20.5. The number of rotatable bonds is 2. The van der Waals surface area contributed by atoms with Crippen LogP contribution in [-0.2, 0) is 0 Å². The van der Waals surface area contributed by atoms with Crippen LogP contribution >= 0.6 is 0 Å². The molecule has 0 radical (unpaired) electrons. The van der Waals surface area contributed by atoms with Crippen LogP contribution in [0.25, 0.3) is 5.57 Å². The third kappa shape index (κ3) is 2.40. The lowest BCUT2D eigenvalue weighted by atomic mass is 9.86. The van der Waals surface area contributed by atoms with E-state index in [0.29, 0.717) is 12.0 Å². The monoisotopic (exact) mass is 335 g/mol. The van der Waals surface area contributed by atoms with Crippen molar-refractivity contribution in [2.45, 2.75) is 18.9 Å². The first-order valence-electron chi connectivity index (χ1n) is 9.21. The molecule has 2 atom stereocenters. The number of hydrogen-bond acceptors (Lipinski definition) is 1. The maximum atomic E-state index is 2.50. The van der Waals surface area contributed by atoms with Gasteiger partial charge in [0.25, 0.3) is 0 Å². The van der Waals surface area contributed by atoms with E-state index in [1.807, 2.05) is 0 Å². The quantitative estimate of drug-likeness (QED) is 0.535. The maximum absolute atomic E-state index is 2.50. The summed E-state index contributed by atoms with van der Waals surface area (Å²) < 4.78 is 0. The van der Waals surface area contributed by atoms with Crippen LogP contribution in [0.4, 0.5) is 11.4 Å². The molecule has 126 valence electrons. The summed E-state index contributed by atoms with van der Waals surface area (Å²) in [6.07, 6.45) is 7.10. The Morgan fingerprint density at radius 3 is 2.31 bits per heavy atom. The zero-order valence-electron chi connectivity index (χ0n) is 14.8. The fraction of sp³-hybridized carbons (Fsp3) is 0.120. The largest absolute Gasteiger partial charge is 0.333 e. The van der Waals surface area contributed by atoms with E-state index < -0.39 is 0 Å². The van der Waals surface area contributed by atoms with Crippen molar-refractivity contribution in [3.8, 4) is 0 Å². The Labute approximate surface area is 154 Å². The molecule has 1 nitrogen and oxygen atoms in total. The van der Waals surface area contributed by atoms with Gasteiger partial charge < -0.3 is 4.90 Å². The standard InChI is InChI=1S/C25H21N/c1-18-12-14-22-23-15-13-20(19-8-4-2-5-9-19)17-25(23)26(24(22)16-18)21-10-6-3-7-11-21/h2-17,23,25H,1H3. The Morgan fingerprint density at radius 2 is 1.54 bits per heavy atom. The van der Waals surface area contributed by atoms with E-state index in [1.165, 1.54) is 33.6 Å². The smallest absolute Gasteiger partial charge is 0.0635 e. The molecule has 3 aromatic rings. The van der Waals surface area contributed by atoms with Gasteiger partial charge in [-0.1, -0.05) is 78.9 Å². The van der Waals surface area contributed by atoms with Crippen molar-refractivity contribution < 1.29 is 0 Å². The van der Waals surface area contributed by atoms with E-state index in [4.69, 9.17) is 0 Å². The molecule has 26 heavy (non-hydrogen) atoms. The second-order valence-electron chi connectivity index (χ2n) is 7.13. The molecule has 0 saturated carbocycles. The molecule has 1 heteroatoms. The summed E-state index contributed by atoms with van der Waals surface area (Å²) in [6, 6.07) is 28.6. The van der Waals surface area contributed by atoms with Gasteiger partial charge in [0.15, 0.2) is 0 Å². The molecule has 2 unspecified atom stereocenters. The van der Waals surface area contributed by atoms with Gasteiger partial charge >= 0.3 is 0 Å². The Kier molecular flexibility index (Phi) is 3.53. The van der Waals surface area contributed by atoms with Gasteiger partial charge in [0, 0.05) is 17.3 Å². The molecular formula is C25H21N. The number of benzene rings is 3. The summed E-state index contributed by atoms with van der Waals surface area (Å²) in [6.45, 7) is 2.17. The molecule has 0 N–H and O–H groups in total. The van der Waals surface area contributed by atoms with Gasteiger partial charge in [-0.3, -0.25) is 0 Å². The molecule has 0 bridgehead atoms. The Balaban J connectivity index is 1.66. The van der Waals surface area contributed by atoms with Crippen molar-refractivity contribution in [1.82, 2.24) is 0 Å². The number of nitrogens with zero attached hydrogens (tertiary/aromatic N) is 1. The summed E-state index contributed by atoms with van der Waals surface area (Å²) in [5, 5.41) is 0. The second-order valence-corrected chi connectivity index (χ2v) is 7.13. The minimum absolute atomic E-state index is 0.314. The summed E-state index contributed by atoms with van der Waals surface area (Å²) in [5.41, 5.74) is 7.90. The first kappa shape index (κ1) is 15.2. The fourth-order valence-electron chi connectivity index (χ4n) is 4.21. The second kappa shape index (κ2) is 6.03. The number of fused-ring (bicyclic) bond motifs is 3. The number of hydrogen-bond donors (Lipinski definition) is 0. The number of anilines is 2. The van der Waals surface area contributed by atoms with Crippen molar-refractivity contribution in [3.63, 3.8) is 0 Å². The van der Waals surface area contributed by atoms with Crippen LogP contribution in [0, 0.1) is 6.92 Å². The van der Waals surface area contributed by atoms with E-state index in [9.17, 15) is 0 Å². The average molecular weight is 335 g/mol. The van der Waals surface area contributed by atoms with Gasteiger partial charge in [-0.15, -0.1) is 0 Å². The van der Waals surface area contributed by atoms with Crippen molar-refractivity contribution >= 4 is 16.9 Å². The van der Waals surface area contributed by atoms with Crippen LogP contribution in [-0.4, -0.2) is 6.04 Å². The molecule has 1 aliphatic carbocycles. The minimum Gasteiger partial charge on any atom is -0.333 e. The molecule has 5 rings (SSSR count). The van der Waals surface area contributed by atoms with E-state index >= 15 is 0 Å². The topological polar surface area (TPSA) is 3.24 Å². The van der Waals surface area contributed by atoms with E-state index in [2.05, 4.69) is 109 Å². The predicted octanol–water partition coefficient (Wildman–Crippen LogP) is 6.25. The zero-order valence-corrected chi connectivity index (χ0v) is 14.8. The third-order valence-corrected chi connectivity index (χ3v) is 5.45. The van der Waals surface area contributed by atoms with Gasteiger partial charge in [0.1, 0.15) is 0 Å². The van der Waals surface area contributed by atoms with Crippen LogP contribution in [0.15, 0.2) is 97.1 Å². The number of allylic oxidation sites excluding steroid dienone is 2. The van der Waals surface area contributed by atoms with Crippen LogP contribution in [0.5, 0.6) is 0 Å². The molecule has 1 aliphatic heterocycles. The van der Waals surface area contributed by atoms with Gasteiger partial charge in [-0.05, 0) is 47.4 Å². The van der Waals surface area contributed by atoms with E-state index in [1.54, 1.807) is 0 Å². The maximum Gasteiger partial charge on any atom is 0.0635 e. The molecule has 0 fully saturated rings. The number of para-hydroxylation sites is 1. The molecule has 3 aromatic carbocycles. The summed E-state index contributed by atoms with van der Waals surface area (Å²) in [4.78, 5) is 2.50. The molecule has 0 saturated heterocycles. The van der Waals surface area contributed by atoms with Crippen LogP contribution in [0.3, 0.4) is 0 Å². The van der Waals surface area contributed by atoms with Crippen molar-refractivity contribution in [1.29, 1.82) is 0 Å². The summed E-state index contributed by atoms with van der Waals surface area (Å²) in [5.74, 6) is 0.401. The molecule has 1 heterocycles. The molecule has 0 spiro atoms. The SMILES string of the molecule is Cc1ccc2c(c1)N(c1ccccc1)C1C=C(c3ccccc3)C=CC21. The highest BCUT2D eigenvalue weighted by atomic mass is 15.2. The fourth-order valence-corrected chi connectivity index (χ4v) is 4.21. The van der Waals surface area contributed by atoms with Crippen molar-refractivity contribution in [2.75, 3.05) is 4.90 Å². The van der Waals surface area contributed by atoms with Crippen LogP contribution in [0.1, 0.15) is 22.6 Å². The van der Waals surface area contributed by atoms with Crippen LogP contribution < -0.4 is 4.90 Å². The highest BCUT2D eigenvalue weighted by molar-refractivity contribution is 5.82. The lowest BCUT2D eigenvalue weighted by Gasteiger charge is -2.30. The molecule has 2 aliphatic rings. The van der Waals surface area contributed by atoms with E-state index in [0.717, 1.165) is 0 Å². The predicted molar refractivity (Wildman–Crippen MR) is 110 cm³/mol. The summed E-state index contributed by atoms with van der Waals surface area (Å²) in [7, 11) is 0. The van der Waals surface area contributed by atoms with Gasteiger partial charge in [0.05, 0.1) is 6.04 Å². The molecule has 0 amide bonds. The Morgan fingerprint density at radius 1 is 0.808 bits per heavy atom. The lowest BCUT2D eigenvalue weighted by molar-refractivity contribution is 0.747. The highest BCUT2D eigenvalue weighted by Gasteiger charge is 2.38. The highest BCUT2D eigenvalue weighted by Crippen LogP contribution is 2.49. The molecule has 0 aromatic heterocycles. The molecular weight excluding hydrogens is 314 g/mol. The first-order chi connectivity index (χ1) is 12.8. The first-order valence-corrected chi connectivity index (χ1v) is 9.21. The summed E-state index contributed by atoms with van der Waals surface area (Å²) >= 11 is 0. The average Bonchev–Trinajstić information content (AvgIpc) is 3.02. The third-order valence-electron chi connectivity index (χ3n) is 5.45. The van der Waals surface area contributed by atoms with Crippen LogP contribution in [0.2, 0.25) is 0 Å². The minimum atomic E-state index is 0.314. The van der Waals surface area contributed by atoms with E-state index in [-0.39, 0.29) is 0 Å². The van der Waals surface area contributed by atoms with Crippen molar-refractivity contribution in [2.24, 2.45) is 0 Å².